The van der Waals surface area contributed by atoms with Crippen molar-refractivity contribution in [3.63, 3.8) is 0 Å². The third kappa shape index (κ3) is 9.27. The molecule has 10 heteroatoms. The van der Waals surface area contributed by atoms with Crippen molar-refractivity contribution in [2.24, 2.45) is 23.2 Å². The zero-order chi connectivity index (χ0) is 33.3. The molecule has 46 heavy (non-hydrogen) atoms. The molecule has 1 heterocycles. The Morgan fingerprint density at radius 2 is 1.72 bits per heavy atom. The lowest BCUT2D eigenvalue weighted by molar-refractivity contribution is -0.199. The van der Waals surface area contributed by atoms with Crippen molar-refractivity contribution >= 4 is 24.9 Å². The lowest BCUT2D eigenvalue weighted by atomic mass is 9.43. The van der Waals surface area contributed by atoms with Crippen molar-refractivity contribution < 1.29 is 18.9 Å². The number of rotatable bonds is 18. The molecule has 1 saturated heterocycles. The van der Waals surface area contributed by atoms with E-state index in [9.17, 15) is 9.59 Å². The SMILES string of the molecule is CNC(=N)NCCC[C@H](NC(=O)CCCCCCCc1ccccc1)C(=O)N[C@@H](CC(C)C)B1O[C@@H]2C[C@@H]3C[C@@H](C3(C)C)[C@]2(C)O1. The molecule has 0 unspecified atom stereocenters. The molecule has 0 spiro atoms. The standard InChI is InChI=1S/C36H60BN5O4/c1-25(2)22-31(37-45-30-24-27-23-29(35(27,3)4)36(30,5)46-37)42-33(44)28(19-15-21-40-34(38)39-6)41-32(43)20-14-9-7-8-11-16-26-17-12-10-13-18-26/h10,12-13,17-18,25,27-31H,7-9,11,14-16,19-24H2,1-6H3,(H,41,43)(H,42,44)(H3,38,39,40)/t27-,28-,29-,30+,31-,36-/m0/s1. The molecule has 3 aliphatic carbocycles. The Morgan fingerprint density at radius 3 is 2.41 bits per heavy atom. The van der Waals surface area contributed by atoms with Crippen LogP contribution in [0.15, 0.2) is 30.3 Å². The lowest BCUT2D eigenvalue weighted by Crippen LogP contribution is -2.65. The van der Waals surface area contributed by atoms with Gasteiger partial charge < -0.3 is 30.6 Å². The summed E-state index contributed by atoms with van der Waals surface area (Å²) < 4.78 is 13.3. The molecule has 2 bridgehead atoms. The van der Waals surface area contributed by atoms with Crippen LogP contribution in [-0.2, 0) is 25.3 Å². The number of amides is 2. The zero-order valence-electron chi connectivity index (χ0n) is 29.3. The summed E-state index contributed by atoms with van der Waals surface area (Å²) in [6.45, 7) is 11.7. The molecule has 1 aromatic rings. The number of aryl methyl sites for hydroxylation is 1. The highest BCUT2D eigenvalue weighted by molar-refractivity contribution is 6.48. The molecule has 6 atom stereocenters. The number of nitrogens with one attached hydrogen (secondary N) is 5. The van der Waals surface area contributed by atoms with Crippen LogP contribution in [0, 0.1) is 28.6 Å². The lowest BCUT2D eigenvalue weighted by Gasteiger charge is -2.64. The van der Waals surface area contributed by atoms with Gasteiger partial charge in [0.1, 0.15) is 6.04 Å². The van der Waals surface area contributed by atoms with E-state index in [4.69, 9.17) is 14.7 Å². The van der Waals surface area contributed by atoms with E-state index in [-0.39, 0.29) is 40.8 Å². The van der Waals surface area contributed by atoms with Gasteiger partial charge in [-0.1, -0.05) is 77.3 Å². The highest BCUT2D eigenvalue weighted by Crippen LogP contribution is 2.65. The fraction of sp³-hybridized carbons (Fsp3) is 0.750. The normalized spacial score (nSPS) is 25.6. The van der Waals surface area contributed by atoms with Crippen LogP contribution in [-0.4, -0.2) is 62.2 Å². The quantitative estimate of drug-likeness (QED) is 0.0638. The molecule has 9 nitrogen and oxygen atoms in total. The van der Waals surface area contributed by atoms with Gasteiger partial charge in [-0.05, 0) is 87.0 Å². The van der Waals surface area contributed by atoms with Crippen LogP contribution in [0.25, 0.3) is 0 Å². The summed E-state index contributed by atoms with van der Waals surface area (Å²) in [5.74, 6) is 1.08. The van der Waals surface area contributed by atoms with Crippen molar-refractivity contribution in [2.75, 3.05) is 13.6 Å². The third-order valence-electron chi connectivity index (χ3n) is 10.9. The highest BCUT2D eigenvalue weighted by Gasteiger charge is 2.68. The Balaban J connectivity index is 1.29. The van der Waals surface area contributed by atoms with Crippen LogP contribution >= 0.6 is 0 Å². The number of benzene rings is 1. The van der Waals surface area contributed by atoms with Crippen LogP contribution < -0.4 is 21.3 Å². The Bertz CT molecular complexity index is 1150. The molecule has 1 aliphatic heterocycles. The summed E-state index contributed by atoms with van der Waals surface area (Å²) in [5.41, 5.74) is 1.27. The van der Waals surface area contributed by atoms with Gasteiger partial charge in [0.05, 0.1) is 17.6 Å². The van der Waals surface area contributed by atoms with Gasteiger partial charge in [-0.25, -0.2) is 0 Å². The Hall–Kier alpha value is -2.59. The monoisotopic (exact) mass is 637 g/mol. The molecular weight excluding hydrogens is 577 g/mol. The maximum atomic E-state index is 13.8. The number of guanidine groups is 1. The summed E-state index contributed by atoms with van der Waals surface area (Å²) in [6.07, 6.45) is 10.8. The smallest absolute Gasteiger partial charge is 0.404 e. The van der Waals surface area contributed by atoms with Crippen LogP contribution in [0.1, 0.15) is 111 Å². The molecule has 2 amide bonds. The van der Waals surface area contributed by atoms with Crippen LogP contribution in [0.5, 0.6) is 0 Å². The summed E-state index contributed by atoms with van der Waals surface area (Å²) in [4.78, 5) is 26.9. The predicted molar refractivity (Wildman–Crippen MR) is 185 cm³/mol. The topological polar surface area (TPSA) is 125 Å². The van der Waals surface area contributed by atoms with E-state index in [1.165, 1.54) is 12.0 Å². The third-order valence-corrected chi connectivity index (χ3v) is 10.9. The zero-order valence-corrected chi connectivity index (χ0v) is 29.3. The van der Waals surface area contributed by atoms with E-state index in [2.05, 4.69) is 80.2 Å². The van der Waals surface area contributed by atoms with E-state index >= 15 is 0 Å². The van der Waals surface area contributed by atoms with Gasteiger partial charge in [0.15, 0.2) is 5.96 Å². The summed E-state index contributed by atoms with van der Waals surface area (Å²) >= 11 is 0. The molecule has 0 aromatic heterocycles. The Morgan fingerprint density at radius 1 is 1.00 bits per heavy atom. The van der Waals surface area contributed by atoms with Gasteiger partial charge in [-0.15, -0.1) is 0 Å². The second-order valence-electron chi connectivity index (χ2n) is 15.1. The van der Waals surface area contributed by atoms with E-state index in [1.54, 1.807) is 7.05 Å². The van der Waals surface area contributed by atoms with Gasteiger partial charge >= 0.3 is 7.12 Å². The highest BCUT2D eigenvalue weighted by atomic mass is 16.7. The Kier molecular flexibility index (Phi) is 13.0. The number of hydrogen-bond donors (Lipinski definition) is 5. The molecule has 4 fully saturated rings. The largest absolute Gasteiger partial charge is 0.481 e. The minimum absolute atomic E-state index is 0.0447. The van der Waals surface area contributed by atoms with Gasteiger partial charge in [0.25, 0.3) is 0 Å². The predicted octanol–water partition coefficient (Wildman–Crippen LogP) is 5.38. The minimum atomic E-state index is -0.662. The first kappa shape index (κ1) is 36.3. The number of unbranched alkanes of at least 4 members (excludes halogenated alkanes) is 4. The van der Waals surface area contributed by atoms with Crippen LogP contribution in [0.3, 0.4) is 0 Å². The number of carbonyl (C=O) groups is 2. The van der Waals surface area contributed by atoms with E-state index in [0.29, 0.717) is 43.6 Å². The molecule has 1 aromatic carbocycles. The molecule has 5 rings (SSSR count). The molecule has 5 N–H and O–H groups in total. The van der Waals surface area contributed by atoms with Crippen molar-refractivity contribution in [1.82, 2.24) is 21.3 Å². The molecule has 4 aliphatic rings. The Labute approximate surface area is 278 Å². The number of carbonyl (C=O) groups excluding carboxylic acids is 2. The van der Waals surface area contributed by atoms with Crippen LogP contribution in [0.2, 0.25) is 0 Å². The average molecular weight is 638 g/mol. The first-order valence-corrected chi connectivity index (χ1v) is 17.9. The molecule has 3 saturated carbocycles. The molecule has 256 valence electrons. The second-order valence-corrected chi connectivity index (χ2v) is 15.1. The van der Waals surface area contributed by atoms with E-state index in [0.717, 1.165) is 51.4 Å². The first-order valence-electron chi connectivity index (χ1n) is 17.9. The van der Waals surface area contributed by atoms with E-state index in [1.807, 2.05) is 6.07 Å². The van der Waals surface area contributed by atoms with Crippen molar-refractivity contribution in [1.29, 1.82) is 5.41 Å². The summed E-state index contributed by atoms with van der Waals surface area (Å²) in [5, 5.41) is 19.8. The van der Waals surface area contributed by atoms with Crippen molar-refractivity contribution in [3.8, 4) is 0 Å². The fourth-order valence-corrected chi connectivity index (χ4v) is 8.03. The molecule has 0 radical (unpaired) electrons. The maximum Gasteiger partial charge on any atom is 0.481 e. The second kappa shape index (κ2) is 16.5. The van der Waals surface area contributed by atoms with Crippen LogP contribution in [0.4, 0.5) is 0 Å². The van der Waals surface area contributed by atoms with Gasteiger partial charge in [-0.3, -0.25) is 15.0 Å². The molecular formula is C36H60BN5O4. The van der Waals surface area contributed by atoms with Gasteiger partial charge in [0.2, 0.25) is 11.8 Å². The van der Waals surface area contributed by atoms with Crippen molar-refractivity contribution in [3.05, 3.63) is 35.9 Å². The summed E-state index contributed by atoms with van der Waals surface area (Å²) in [6, 6.07) is 9.90. The van der Waals surface area contributed by atoms with Gasteiger partial charge in [-0.2, -0.15) is 0 Å². The minimum Gasteiger partial charge on any atom is -0.404 e. The summed E-state index contributed by atoms with van der Waals surface area (Å²) in [7, 11) is 1.19. The maximum absolute atomic E-state index is 13.8. The number of hydrogen-bond acceptors (Lipinski definition) is 5. The fourth-order valence-electron chi connectivity index (χ4n) is 8.03. The van der Waals surface area contributed by atoms with E-state index < -0.39 is 13.2 Å². The van der Waals surface area contributed by atoms with Gasteiger partial charge in [0, 0.05) is 20.0 Å². The first-order chi connectivity index (χ1) is 21.9. The average Bonchev–Trinajstić information content (AvgIpc) is 3.39. The van der Waals surface area contributed by atoms with Crippen molar-refractivity contribution in [2.45, 2.75) is 135 Å².